The number of aromatic nitrogens is 12. The molecule has 8 aromatic heterocycles. The van der Waals surface area contributed by atoms with Gasteiger partial charge in [-0.15, -0.1) is 0 Å². The van der Waals surface area contributed by atoms with Gasteiger partial charge >= 0.3 is 0 Å². The predicted octanol–water partition coefficient (Wildman–Crippen LogP) is 9.21. The first kappa shape index (κ1) is 39.0. The predicted molar refractivity (Wildman–Crippen MR) is 258 cm³/mol. The number of rotatable bonds is 11. The summed E-state index contributed by atoms with van der Waals surface area (Å²) in [6.45, 7) is 1.64. The molecule has 14 nitrogen and oxygen atoms in total. The highest BCUT2D eigenvalue weighted by molar-refractivity contribution is 6.35. The van der Waals surface area contributed by atoms with E-state index in [1.165, 1.54) is 35.0 Å². The Hall–Kier alpha value is -7.19. The molecule has 4 saturated carbocycles. The second-order valence-corrected chi connectivity index (χ2v) is 20.0. The summed E-state index contributed by atoms with van der Waals surface area (Å²) >= 11 is 7.01. The lowest BCUT2D eigenvalue weighted by atomic mass is 10.0. The maximum absolute atomic E-state index is 15.0. The van der Waals surface area contributed by atoms with Crippen molar-refractivity contribution in [3.8, 4) is 33.6 Å². The van der Waals surface area contributed by atoms with E-state index in [9.17, 15) is 4.79 Å². The lowest BCUT2D eigenvalue weighted by Gasteiger charge is -2.14. The molecule has 15 heteroatoms. The Bertz CT molecular complexity index is 3800. The molecule has 0 aliphatic heterocycles. The summed E-state index contributed by atoms with van der Waals surface area (Å²) in [6, 6.07) is 20.1. The summed E-state index contributed by atoms with van der Waals surface area (Å²) < 4.78 is 11.0. The van der Waals surface area contributed by atoms with Crippen molar-refractivity contribution in [1.82, 2.24) is 58.2 Å². The Labute approximate surface area is 388 Å². The Morgan fingerprint density at radius 2 is 1.27 bits per heavy atom. The molecule has 4 aliphatic rings. The van der Waals surface area contributed by atoms with Crippen molar-refractivity contribution in [3.63, 3.8) is 0 Å². The van der Waals surface area contributed by atoms with Crippen molar-refractivity contribution in [1.29, 1.82) is 0 Å². The Balaban J connectivity index is 0.845. The molecule has 0 saturated heterocycles. The fraction of sp³-hybridized carbons (Fsp3) is 0.308. The van der Waals surface area contributed by atoms with Crippen molar-refractivity contribution in [2.24, 2.45) is 25.9 Å². The minimum absolute atomic E-state index is 0.0972. The van der Waals surface area contributed by atoms with Gasteiger partial charge in [0.15, 0.2) is 0 Å². The first-order valence-corrected chi connectivity index (χ1v) is 23.8. The van der Waals surface area contributed by atoms with Crippen LogP contribution in [0.15, 0.2) is 107 Å². The Morgan fingerprint density at radius 3 is 1.99 bits per heavy atom. The molecule has 4 fully saturated rings. The van der Waals surface area contributed by atoms with E-state index >= 15 is 4.79 Å². The average molecular weight is 905 g/mol. The maximum Gasteiger partial charge on any atom is 0.281 e. The van der Waals surface area contributed by atoms with E-state index in [0.717, 1.165) is 98.8 Å². The summed E-state index contributed by atoms with van der Waals surface area (Å²) in [5.41, 5.74) is 11.3. The zero-order valence-electron chi connectivity index (χ0n) is 37.0. The molecule has 0 amide bonds. The molecule has 67 heavy (non-hydrogen) atoms. The summed E-state index contributed by atoms with van der Waals surface area (Å²) in [6.07, 6.45) is 19.5. The Kier molecular flexibility index (Phi) is 8.39. The molecule has 10 aromatic rings. The third-order valence-corrected chi connectivity index (χ3v) is 14.8. The average Bonchev–Trinajstić information content (AvgIpc) is 4.16. The van der Waals surface area contributed by atoms with Gasteiger partial charge in [0.1, 0.15) is 11.0 Å². The molecule has 0 radical (unpaired) electrons. The standard InChI is InChI=1S/C52H45ClN12O2/c1-60-25-33-17-35(11-14-42(33)56-60)64-51(66)45(49-44(57-64)15-16-62(49)23-28-3-4-28)31-10-13-43(55-22-31)38-20-37(38)39-19-36(18-34-26-61(2)58-47(34)39)65-52(67)46(32-9-12-41(54-21-32)30-7-8-30)50-48(59-65)40(53)27-63(50)24-29-5-6-29/h9-19,21-22,25-30,37-38H,3-8,20,23-24H2,1-2H3. The van der Waals surface area contributed by atoms with Gasteiger partial charge < -0.3 is 9.13 Å². The number of hydrogen-bond acceptors (Lipinski definition) is 8. The number of benzene rings is 2. The molecule has 0 N–H and O–H groups in total. The van der Waals surface area contributed by atoms with Crippen LogP contribution in [-0.4, -0.2) is 58.2 Å². The van der Waals surface area contributed by atoms with E-state index < -0.39 is 0 Å². The monoisotopic (exact) mass is 904 g/mol. The van der Waals surface area contributed by atoms with Crippen LogP contribution in [-0.2, 0) is 27.2 Å². The lowest BCUT2D eigenvalue weighted by Crippen LogP contribution is -2.24. The normalized spacial score (nSPS) is 18.3. The molecule has 2 aromatic carbocycles. The first-order valence-electron chi connectivity index (χ1n) is 23.5. The number of fused-ring (bicyclic) bond motifs is 4. The van der Waals surface area contributed by atoms with Crippen LogP contribution in [0.25, 0.3) is 77.5 Å². The van der Waals surface area contributed by atoms with Crippen molar-refractivity contribution < 1.29 is 0 Å². The van der Waals surface area contributed by atoms with E-state index in [1.807, 2.05) is 92.2 Å². The van der Waals surface area contributed by atoms with Crippen LogP contribution in [0.3, 0.4) is 0 Å². The van der Waals surface area contributed by atoms with Gasteiger partial charge in [0, 0.05) is 109 Å². The van der Waals surface area contributed by atoms with Gasteiger partial charge in [0.2, 0.25) is 0 Å². The highest BCUT2D eigenvalue weighted by atomic mass is 35.5. The van der Waals surface area contributed by atoms with Gasteiger partial charge in [0.05, 0.1) is 49.6 Å². The van der Waals surface area contributed by atoms with E-state index in [2.05, 4.69) is 38.6 Å². The van der Waals surface area contributed by atoms with E-state index in [1.54, 1.807) is 4.68 Å². The maximum atomic E-state index is 15.0. The first-order chi connectivity index (χ1) is 32.7. The van der Waals surface area contributed by atoms with Crippen molar-refractivity contribution in [2.45, 2.75) is 75.8 Å². The fourth-order valence-corrected chi connectivity index (χ4v) is 10.7. The third kappa shape index (κ3) is 6.58. The van der Waals surface area contributed by atoms with E-state index in [-0.39, 0.29) is 23.0 Å². The number of halogens is 1. The molecule has 4 aliphatic carbocycles. The SMILES string of the molecule is Cn1cc2cc(-n3nc4ccn(CC5CC5)c4c(-c4ccc(C5CC5c5cc(-n6nc7c(Cl)cn(CC8CC8)c7c(-c7ccc(C8CC8)nc7)c6=O)cc6cn(C)nc56)nc4)c3=O)ccc2n1. The van der Waals surface area contributed by atoms with Gasteiger partial charge in [-0.25, -0.2) is 0 Å². The molecule has 0 spiro atoms. The summed E-state index contributed by atoms with van der Waals surface area (Å²) in [4.78, 5) is 39.7. The smallest absolute Gasteiger partial charge is 0.281 e. The lowest BCUT2D eigenvalue weighted by molar-refractivity contribution is 0.646. The molecule has 8 heterocycles. The highest BCUT2D eigenvalue weighted by Gasteiger charge is 2.42. The molecule has 0 bridgehead atoms. The zero-order chi connectivity index (χ0) is 44.8. The van der Waals surface area contributed by atoms with Crippen LogP contribution in [0.1, 0.15) is 79.7 Å². The van der Waals surface area contributed by atoms with Crippen molar-refractivity contribution in [2.75, 3.05) is 0 Å². The minimum Gasteiger partial charge on any atom is -0.345 e. The van der Waals surface area contributed by atoms with Crippen LogP contribution >= 0.6 is 11.6 Å². The van der Waals surface area contributed by atoms with Crippen LogP contribution in [0, 0.1) is 11.8 Å². The molecule has 14 rings (SSSR count). The van der Waals surface area contributed by atoms with Gasteiger partial charge in [-0.05, 0) is 117 Å². The van der Waals surface area contributed by atoms with Crippen LogP contribution in [0.5, 0.6) is 0 Å². The van der Waals surface area contributed by atoms with Gasteiger partial charge in [-0.2, -0.15) is 29.8 Å². The van der Waals surface area contributed by atoms with E-state index in [0.29, 0.717) is 50.8 Å². The number of aryl methyl sites for hydroxylation is 2. The van der Waals surface area contributed by atoms with Gasteiger partial charge in [0.25, 0.3) is 11.1 Å². The summed E-state index contributed by atoms with van der Waals surface area (Å²) in [5, 5.41) is 21.8. The van der Waals surface area contributed by atoms with Crippen LogP contribution < -0.4 is 11.1 Å². The third-order valence-electron chi connectivity index (χ3n) is 14.5. The fourth-order valence-electron chi connectivity index (χ4n) is 10.5. The topological polar surface area (TPSA) is 141 Å². The van der Waals surface area contributed by atoms with Crippen LogP contribution in [0.2, 0.25) is 5.02 Å². The van der Waals surface area contributed by atoms with Gasteiger partial charge in [-0.3, -0.25) is 28.9 Å². The number of hydrogen-bond donors (Lipinski definition) is 0. The molecule has 332 valence electrons. The number of pyridine rings is 2. The van der Waals surface area contributed by atoms with Crippen LogP contribution in [0.4, 0.5) is 0 Å². The molecule has 2 unspecified atom stereocenters. The summed E-state index contributed by atoms with van der Waals surface area (Å²) in [7, 11) is 3.81. The highest BCUT2D eigenvalue weighted by Crippen LogP contribution is 2.56. The molecule has 2 atom stereocenters. The summed E-state index contributed by atoms with van der Waals surface area (Å²) in [5.74, 6) is 1.88. The zero-order valence-corrected chi connectivity index (χ0v) is 37.8. The van der Waals surface area contributed by atoms with Crippen molar-refractivity contribution in [3.05, 3.63) is 141 Å². The quantitative estimate of drug-likeness (QED) is 0.125. The van der Waals surface area contributed by atoms with Gasteiger partial charge in [-0.1, -0.05) is 23.7 Å². The minimum atomic E-state index is -0.218. The second-order valence-electron chi connectivity index (χ2n) is 19.6. The molecular weight excluding hydrogens is 860 g/mol. The molecular formula is C52H45ClN12O2. The van der Waals surface area contributed by atoms with E-state index in [4.69, 9.17) is 36.9 Å². The largest absolute Gasteiger partial charge is 0.345 e. The van der Waals surface area contributed by atoms with Crippen molar-refractivity contribution >= 4 is 55.5 Å². The number of nitrogens with zero attached hydrogens (tertiary/aromatic N) is 12. The Morgan fingerprint density at radius 1 is 0.597 bits per heavy atom. The second kappa shape index (κ2) is 14.4.